The molecule has 0 fully saturated rings. The van der Waals surface area contributed by atoms with E-state index in [4.69, 9.17) is 9.47 Å². The lowest BCUT2D eigenvalue weighted by Gasteiger charge is -2.21. The zero-order chi connectivity index (χ0) is 24.8. The van der Waals surface area contributed by atoms with Crippen molar-refractivity contribution in [3.05, 3.63) is 71.8 Å². The van der Waals surface area contributed by atoms with E-state index in [0.717, 1.165) is 11.1 Å². The molecule has 0 bridgehead atoms. The summed E-state index contributed by atoms with van der Waals surface area (Å²) in [5.74, 6) is -0.680. The second-order valence-electron chi connectivity index (χ2n) is 8.67. The van der Waals surface area contributed by atoms with Gasteiger partial charge < -0.3 is 20.1 Å². The van der Waals surface area contributed by atoms with Crippen LogP contribution in [0, 0.1) is 11.8 Å². The van der Waals surface area contributed by atoms with Crippen LogP contribution in [0.1, 0.15) is 51.2 Å². The van der Waals surface area contributed by atoms with Crippen LogP contribution in [0.15, 0.2) is 60.7 Å². The molecule has 0 heterocycles. The molecule has 0 radical (unpaired) electrons. The van der Waals surface area contributed by atoms with Gasteiger partial charge in [0, 0.05) is 12.5 Å². The van der Waals surface area contributed by atoms with Crippen molar-refractivity contribution in [2.45, 2.75) is 59.3 Å². The summed E-state index contributed by atoms with van der Waals surface area (Å²) in [6.07, 6.45) is 1.20. The lowest BCUT2D eigenvalue weighted by Crippen LogP contribution is -2.45. The third kappa shape index (κ3) is 10.1. The lowest BCUT2D eigenvalue weighted by molar-refractivity contribution is -0.150. The van der Waals surface area contributed by atoms with Gasteiger partial charge >= 0.3 is 12.1 Å². The molecular formula is C27H36N2O5. The summed E-state index contributed by atoms with van der Waals surface area (Å²) in [7, 11) is 0. The van der Waals surface area contributed by atoms with Gasteiger partial charge in [-0.25, -0.2) is 9.59 Å². The largest absolute Gasteiger partial charge is 0.459 e. The van der Waals surface area contributed by atoms with Crippen molar-refractivity contribution in [2.75, 3.05) is 6.54 Å². The molecule has 2 atom stereocenters. The first-order valence-electron chi connectivity index (χ1n) is 11.8. The normalized spacial score (nSPS) is 12.5. The van der Waals surface area contributed by atoms with Crippen molar-refractivity contribution in [2.24, 2.45) is 11.8 Å². The van der Waals surface area contributed by atoms with Crippen LogP contribution in [0.25, 0.3) is 0 Å². The van der Waals surface area contributed by atoms with E-state index in [1.165, 1.54) is 0 Å². The number of carbonyl (C=O) groups excluding carboxylic acids is 3. The summed E-state index contributed by atoms with van der Waals surface area (Å²) in [6.45, 7) is 6.56. The molecule has 7 nitrogen and oxygen atoms in total. The maximum absolute atomic E-state index is 12.7. The van der Waals surface area contributed by atoms with Crippen molar-refractivity contribution < 1.29 is 23.9 Å². The Labute approximate surface area is 202 Å². The third-order valence-electron chi connectivity index (χ3n) is 5.64. The highest BCUT2D eigenvalue weighted by molar-refractivity contribution is 5.85. The Morgan fingerprint density at radius 1 is 0.794 bits per heavy atom. The number of hydrogen-bond acceptors (Lipinski definition) is 5. The molecule has 0 aromatic heterocycles. The van der Waals surface area contributed by atoms with Gasteiger partial charge in [0.05, 0.1) is 0 Å². The number of rotatable bonds is 13. The predicted molar refractivity (Wildman–Crippen MR) is 131 cm³/mol. The highest BCUT2D eigenvalue weighted by Gasteiger charge is 2.25. The highest BCUT2D eigenvalue weighted by Crippen LogP contribution is 2.12. The maximum Gasteiger partial charge on any atom is 0.407 e. The van der Waals surface area contributed by atoms with E-state index in [1.54, 1.807) is 0 Å². The Morgan fingerprint density at radius 2 is 1.35 bits per heavy atom. The minimum absolute atomic E-state index is 0.153. The molecule has 2 aromatic carbocycles. The molecule has 34 heavy (non-hydrogen) atoms. The van der Waals surface area contributed by atoms with Crippen molar-refractivity contribution in [1.29, 1.82) is 0 Å². The fraction of sp³-hybridized carbons (Fsp3) is 0.444. The number of ether oxygens (including phenoxy) is 2. The minimum Gasteiger partial charge on any atom is -0.459 e. The van der Waals surface area contributed by atoms with Gasteiger partial charge in [-0.3, -0.25) is 4.79 Å². The zero-order valence-electron chi connectivity index (χ0n) is 20.3. The number of benzene rings is 2. The van der Waals surface area contributed by atoms with Gasteiger partial charge in [-0.15, -0.1) is 0 Å². The Balaban J connectivity index is 1.77. The van der Waals surface area contributed by atoms with Gasteiger partial charge in [0.2, 0.25) is 5.91 Å². The fourth-order valence-electron chi connectivity index (χ4n) is 3.12. The molecule has 0 aliphatic rings. The molecule has 0 saturated heterocycles. The minimum atomic E-state index is -0.734. The van der Waals surface area contributed by atoms with Crippen LogP contribution in [-0.2, 0) is 32.3 Å². The molecule has 2 N–H and O–H groups in total. The number of nitrogens with one attached hydrogen (secondary N) is 2. The Bertz CT molecular complexity index is 886. The van der Waals surface area contributed by atoms with Crippen molar-refractivity contribution in [1.82, 2.24) is 10.6 Å². The second kappa shape index (κ2) is 14.7. The number of carbonyl (C=O) groups is 3. The smallest absolute Gasteiger partial charge is 0.407 e. The van der Waals surface area contributed by atoms with Crippen molar-refractivity contribution in [3.63, 3.8) is 0 Å². The standard InChI is InChI=1S/C27H36N2O5/c1-20(2)21(3)25(30)29-24(26(31)33-18-22-12-6-4-7-13-22)16-10-11-17-28-27(32)34-19-23-14-8-5-9-15-23/h4-9,12-15,20-21,24H,10-11,16-19H2,1-3H3,(H,28,32)(H,29,30)/t21-,24-/m0/s1. The van der Waals surface area contributed by atoms with E-state index in [0.29, 0.717) is 25.8 Å². The van der Waals surface area contributed by atoms with Crippen LogP contribution in [0.3, 0.4) is 0 Å². The average molecular weight is 469 g/mol. The molecule has 0 aliphatic carbocycles. The topological polar surface area (TPSA) is 93.7 Å². The summed E-state index contributed by atoms with van der Waals surface area (Å²) in [4.78, 5) is 37.1. The number of unbranched alkanes of at least 4 members (excludes halogenated alkanes) is 1. The molecule has 7 heteroatoms. The molecule has 0 saturated carbocycles. The summed E-state index contributed by atoms with van der Waals surface area (Å²) >= 11 is 0. The third-order valence-corrected chi connectivity index (χ3v) is 5.64. The van der Waals surface area contributed by atoms with Crippen molar-refractivity contribution >= 4 is 18.0 Å². The van der Waals surface area contributed by atoms with Gasteiger partial charge in [-0.05, 0) is 36.3 Å². The Morgan fingerprint density at radius 3 is 1.91 bits per heavy atom. The number of esters is 1. The Hall–Kier alpha value is -3.35. The van der Waals surface area contributed by atoms with Crippen molar-refractivity contribution in [3.8, 4) is 0 Å². The highest BCUT2D eigenvalue weighted by atomic mass is 16.5. The summed E-state index contributed by atoms with van der Waals surface area (Å²) in [5, 5.41) is 5.56. The van der Waals surface area contributed by atoms with E-state index in [9.17, 15) is 14.4 Å². The summed E-state index contributed by atoms with van der Waals surface area (Å²) in [5.41, 5.74) is 1.80. The van der Waals surface area contributed by atoms with Crippen LogP contribution >= 0.6 is 0 Å². The van der Waals surface area contributed by atoms with Crippen LogP contribution in [-0.4, -0.2) is 30.6 Å². The average Bonchev–Trinajstić information content (AvgIpc) is 2.85. The summed E-state index contributed by atoms with van der Waals surface area (Å²) in [6, 6.07) is 18.1. The lowest BCUT2D eigenvalue weighted by atomic mass is 9.96. The Kier molecular flexibility index (Phi) is 11.7. The van der Waals surface area contributed by atoms with E-state index in [2.05, 4.69) is 10.6 Å². The fourth-order valence-corrected chi connectivity index (χ4v) is 3.12. The molecule has 2 rings (SSSR count). The molecule has 2 aromatic rings. The molecule has 184 valence electrons. The number of hydrogen-bond donors (Lipinski definition) is 2. The van der Waals surface area contributed by atoms with Gasteiger partial charge in [-0.1, -0.05) is 81.4 Å². The maximum atomic E-state index is 12.7. The molecule has 0 unspecified atom stereocenters. The molecular weight excluding hydrogens is 432 g/mol. The summed E-state index contributed by atoms with van der Waals surface area (Å²) < 4.78 is 10.6. The monoisotopic (exact) mass is 468 g/mol. The van der Waals surface area contributed by atoms with E-state index >= 15 is 0 Å². The second-order valence-corrected chi connectivity index (χ2v) is 8.67. The van der Waals surface area contributed by atoms with E-state index in [1.807, 2.05) is 81.4 Å². The quantitative estimate of drug-likeness (QED) is 0.331. The number of amides is 2. The van der Waals surface area contributed by atoms with Crippen LogP contribution in [0.5, 0.6) is 0 Å². The van der Waals surface area contributed by atoms with Crippen LogP contribution in [0.4, 0.5) is 4.79 Å². The first-order valence-corrected chi connectivity index (χ1v) is 11.8. The molecule has 0 aliphatic heterocycles. The molecule has 2 amide bonds. The van der Waals surface area contributed by atoms with Gasteiger partial charge in [0.25, 0.3) is 0 Å². The van der Waals surface area contributed by atoms with E-state index in [-0.39, 0.29) is 31.0 Å². The van der Waals surface area contributed by atoms with Gasteiger partial charge in [0.15, 0.2) is 0 Å². The van der Waals surface area contributed by atoms with Crippen LogP contribution < -0.4 is 10.6 Å². The number of alkyl carbamates (subject to hydrolysis) is 1. The molecule has 0 spiro atoms. The van der Waals surface area contributed by atoms with E-state index < -0.39 is 18.1 Å². The first-order chi connectivity index (χ1) is 16.4. The first kappa shape index (κ1) is 26.9. The predicted octanol–water partition coefficient (Wildman–Crippen LogP) is 4.60. The zero-order valence-corrected chi connectivity index (χ0v) is 20.3. The SMILES string of the molecule is CC(C)[C@H](C)C(=O)N[C@@H](CCCCNC(=O)OCc1ccccc1)C(=O)OCc1ccccc1. The van der Waals surface area contributed by atoms with Crippen LogP contribution in [0.2, 0.25) is 0 Å². The van der Waals surface area contributed by atoms with Gasteiger partial charge in [-0.2, -0.15) is 0 Å². The van der Waals surface area contributed by atoms with Gasteiger partial charge in [0.1, 0.15) is 19.3 Å².